The van der Waals surface area contributed by atoms with Gasteiger partial charge in [-0.25, -0.2) is 13.2 Å². The van der Waals surface area contributed by atoms with Crippen LogP contribution < -0.4 is 0 Å². The first kappa shape index (κ1) is 9.76. The normalized spacial score (nSPS) is 10.8. The zero-order valence-corrected chi connectivity index (χ0v) is 8.06. The first-order valence-corrected chi connectivity index (χ1v) is 4.21. The monoisotopic (exact) mass is 287 g/mol. The molecule has 0 bridgehead atoms. The van der Waals surface area contributed by atoms with Crippen LogP contribution in [0, 0.1) is 3.57 Å². The summed E-state index contributed by atoms with van der Waals surface area (Å²) in [5.74, 6) is 0. The lowest BCUT2D eigenvalue weighted by Crippen LogP contribution is -1.97. The second kappa shape index (κ2) is 4.06. The highest BCUT2D eigenvalue weighted by molar-refractivity contribution is 14.1. The van der Waals surface area contributed by atoms with E-state index in [9.17, 15) is 13.2 Å². The van der Waals surface area contributed by atoms with E-state index in [2.05, 4.69) is 4.98 Å². The van der Waals surface area contributed by atoms with Crippen molar-refractivity contribution in [2.24, 2.45) is 0 Å². The van der Waals surface area contributed by atoms with Crippen molar-refractivity contribution < 1.29 is 13.2 Å². The van der Waals surface area contributed by atoms with E-state index in [0.717, 1.165) is 6.20 Å². The highest BCUT2D eigenvalue weighted by Gasteiger charge is 2.16. The van der Waals surface area contributed by atoms with Gasteiger partial charge in [0.1, 0.15) is 6.67 Å². The van der Waals surface area contributed by atoms with Gasteiger partial charge in [0.25, 0.3) is 6.43 Å². The molecule has 0 radical (unpaired) electrons. The van der Waals surface area contributed by atoms with E-state index in [-0.39, 0.29) is 11.1 Å². The van der Waals surface area contributed by atoms with Crippen molar-refractivity contribution in [3.05, 3.63) is 27.1 Å². The molecule has 1 rings (SSSR count). The maximum atomic E-state index is 12.3. The third kappa shape index (κ3) is 1.88. The molecule has 0 amide bonds. The zero-order valence-electron chi connectivity index (χ0n) is 5.90. The lowest BCUT2D eigenvalue weighted by atomic mass is 10.2. The van der Waals surface area contributed by atoms with Gasteiger partial charge in [-0.2, -0.15) is 0 Å². The Labute approximate surface area is 81.1 Å². The van der Waals surface area contributed by atoms with Gasteiger partial charge in [0.2, 0.25) is 0 Å². The highest BCUT2D eigenvalue weighted by atomic mass is 127. The molecule has 12 heavy (non-hydrogen) atoms. The van der Waals surface area contributed by atoms with E-state index >= 15 is 0 Å². The van der Waals surface area contributed by atoms with Crippen LogP contribution in [-0.2, 0) is 6.67 Å². The molecule has 0 aliphatic rings. The van der Waals surface area contributed by atoms with E-state index in [1.165, 1.54) is 6.20 Å². The number of alkyl halides is 3. The van der Waals surface area contributed by atoms with Crippen molar-refractivity contribution >= 4 is 22.6 Å². The Morgan fingerprint density at radius 1 is 1.42 bits per heavy atom. The minimum Gasteiger partial charge on any atom is -0.263 e. The molecule has 0 aliphatic carbocycles. The van der Waals surface area contributed by atoms with Crippen LogP contribution in [0.4, 0.5) is 13.2 Å². The number of rotatable bonds is 2. The average molecular weight is 287 g/mol. The largest absolute Gasteiger partial charge is 0.265 e. The van der Waals surface area contributed by atoms with Gasteiger partial charge >= 0.3 is 0 Å². The van der Waals surface area contributed by atoms with Crippen LogP contribution in [0.1, 0.15) is 17.6 Å². The Hall–Kier alpha value is -0.330. The topological polar surface area (TPSA) is 12.9 Å². The summed E-state index contributed by atoms with van der Waals surface area (Å²) in [5.41, 5.74) is -0.273. The lowest BCUT2D eigenvalue weighted by molar-refractivity contribution is 0.148. The molecule has 0 spiro atoms. The van der Waals surface area contributed by atoms with Crippen LogP contribution in [0.15, 0.2) is 12.4 Å². The van der Waals surface area contributed by atoms with Crippen LogP contribution in [0.2, 0.25) is 0 Å². The fraction of sp³-hybridized carbons (Fsp3) is 0.286. The molecule has 1 nitrogen and oxygen atoms in total. The van der Waals surface area contributed by atoms with Crippen molar-refractivity contribution in [1.29, 1.82) is 0 Å². The van der Waals surface area contributed by atoms with Gasteiger partial charge in [0.05, 0.1) is 0 Å². The highest BCUT2D eigenvalue weighted by Crippen LogP contribution is 2.27. The zero-order chi connectivity index (χ0) is 9.14. The molecule has 0 aromatic carbocycles. The summed E-state index contributed by atoms with van der Waals surface area (Å²) >= 11 is 1.72. The Morgan fingerprint density at radius 2 is 2.08 bits per heavy atom. The van der Waals surface area contributed by atoms with Crippen molar-refractivity contribution in [2.75, 3.05) is 0 Å². The predicted octanol–water partition coefficient (Wildman–Crippen LogP) is 3.09. The van der Waals surface area contributed by atoms with Crippen molar-refractivity contribution in [2.45, 2.75) is 13.1 Å². The molecule has 5 heteroatoms. The summed E-state index contributed by atoms with van der Waals surface area (Å²) in [6.07, 6.45) is -0.212. The lowest BCUT2D eigenvalue weighted by Gasteiger charge is -2.06. The molecule has 1 aromatic rings. The van der Waals surface area contributed by atoms with Gasteiger partial charge in [0, 0.05) is 27.1 Å². The van der Waals surface area contributed by atoms with Crippen LogP contribution >= 0.6 is 22.6 Å². The summed E-state index contributed by atoms with van der Waals surface area (Å²) in [6, 6.07) is 0. The molecule has 0 fully saturated rings. The summed E-state index contributed by atoms with van der Waals surface area (Å²) in [6.45, 7) is -0.899. The van der Waals surface area contributed by atoms with Crippen molar-refractivity contribution in [3.8, 4) is 0 Å². The van der Waals surface area contributed by atoms with E-state index in [1.807, 2.05) is 0 Å². The van der Waals surface area contributed by atoms with E-state index < -0.39 is 13.1 Å². The maximum absolute atomic E-state index is 12.3. The molecule has 0 N–H and O–H groups in total. The third-order valence-corrected chi connectivity index (χ3v) is 2.24. The number of pyridine rings is 1. The molecular weight excluding hydrogens is 282 g/mol. The second-order valence-electron chi connectivity index (χ2n) is 2.13. The first-order valence-electron chi connectivity index (χ1n) is 3.13. The molecule has 66 valence electrons. The van der Waals surface area contributed by atoms with Crippen molar-refractivity contribution in [3.63, 3.8) is 0 Å². The molecule has 0 unspecified atom stereocenters. The first-order chi connectivity index (χ1) is 5.66. The van der Waals surface area contributed by atoms with E-state index in [4.69, 9.17) is 0 Å². The van der Waals surface area contributed by atoms with Crippen LogP contribution in [0.3, 0.4) is 0 Å². The predicted molar refractivity (Wildman–Crippen MR) is 46.7 cm³/mol. The molecule has 0 saturated heterocycles. The molecule has 1 aromatic heterocycles. The smallest absolute Gasteiger partial charge is 0.263 e. The summed E-state index contributed by atoms with van der Waals surface area (Å²) in [4.78, 5) is 3.62. The Balaban J connectivity index is 3.20. The summed E-state index contributed by atoms with van der Waals surface area (Å²) in [5, 5.41) is 0. The minimum atomic E-state index is -2.63. The molecular formula is C7H5F3IN. The fourth-order valence-electron chi connectivity index (χ4n) is 0.836. The molecule has 0 saturated carbocycles. The molecule has 0 aliphatic heterocycles. The minimum absolute atomic E-state index is 0.0306. The quantitative estimate of drug-likeness (QED) is 0.762. The second-order valence-corrected chi connectivity index (χ2v) is 3.29. The number of hydrogen-bond acceptors (Lipinski definition) is 1. The van der Waals surface area contributed by atoms with Gasteiger partial charge in [-0.05, 0) is 22.6 Å². The Morgan fingerprint density at radius 3 is 2.50 bits per heavy atom. The van der Waals surface area contributed by atoms with Gasteiger partial charge in [0.15, 0.2) is 0 Å². The van der Waals surface area contributed by atoms with Crippen molar-refractivity contribution in [1.82, 2.24) is 4.98 Å². The van der Waals surface area contributed by atoms with Crippen LogP contribution in [0.25, 0.3) is 0 Å². The van der Waals surface area contributed by atoms with E-state index in [1.54, 1.807) is 22.6 Å². The van der Waals surface area contributed by atoms with Crippen LogP contribution in [-0.4, -0.2) is 4.98 Å². The van der Waals surface area contributed by atoms with Gasteiger partial charge in [-0.1, -0.05) is 0 Å². The van der Waals surface area contributed by atoms with Gasteiger partial charge in [-0.15, -0.1) is 0 Å². The number of halogens is 4. The SMILES string of the molecule is FCc1cncc(I)c1C(F)F. The van der Waals surface area contributed by atoms with E-state index in [0.29, 0.717) is 3.57 Å². The van der Waals surface area contributed by atoms with Gasteiger partial charge < -0.3 is 0 Å². The summed E-state index contributed by atoms with van der Waals surface area (Å²) in [7, 11) is 0. The Kier molecular flexibility index (Phi) is 3.30. The average Bonchev–Trinajstić information content (AvgIpc) is 2.03. The fourth-order valence-corrected chi connectivity index (χ4v) is 1.58. The number of aromatic nitrogens is 1. The van der Waals surface area contributed by atoms with Gasteiger partial charge in [-0.3, -0.25) is 4.98 Å². The third-order valence-electron chi connectivity index (χ3n) is 1.38. The summed E-state index contributed by atoms with van der Waals surface area (Å²) < 4.78 is 37.0. The molecule has 0 atom stereocenters. The van der Waals surface area contributed by atoms with Crippen LogP contribution in [0.5, 0.6) is 0 Å². The number of hydrogen-bond donors (Lipinski definition) is 0. The Bertz CT molecular complexity index is 277. The standard InChI is InChI=1S/C7H5F3IN/c8-1-4-2-12-3-5(11)6(4)7(9)10/h2-3,7H,1H2. The maximum Gasteiger partial charge on any atom is 0.265 e. The number of nitrogens with zero attached hydrogens (tertiary/aromatic N) is 1. The molecule has 1 heterocycles.